The van der Waals surface area contributed by atoms with Gasteiger partial charge in [0.2, 0.25) is 5.91 Å². The maximum atomic E-state index is 10.9. The van der Waals surface area contributed by atoms with E-state index < -0.39 is 0 Å². The second-order valence-corrected chi connectivity index (χ2v) is 4.44. The minimum Gasteiger partial charge on any atom is -0.497 e. The number of ether oxygens (including phenoxy) is 1. The van der Waals surface area contributed by atoms with Gasteiger partial charge in [-0.2, -0.15) is 0 Å². The van der Waals surface area contributed by atoms with Crippen molar-refractivity contribution in [2.75, 3.05) is 27.3 Å². The summed E-state index contributed by atoms with van der Waals surface area (Å²) in [6.45, 7) is 0.768. The molecule has 0 saturated heterocycles. The number of likely N-dealkylation sites (N-methyl/N-ethyl adjacent to an activating group) is 1. The summed E-state index contributed by atoms with van der Waals surface area (Å²) in [7, 11) is 3.42. The molecule has 0 aromatic heterocycles. The number of hydrogen-bond donors (Lipinski definition) is 2. The van der Waals surface area contributed by atoms with E-state index in [-0.39, 0.29) is 19.1 Å². The molecule has 0 aliphatic heterocycles. The molecule has 0 spiro atoms. The fraction of sp³-hybridized carbons (Fsp3) is 0.400. The van der Waals surface area contributed by atoms with Crippen molar-refractivity contribution in [3.8, 4) is 17.6 Å². The maximum absolute atomic E-state index is 10.9. The molecule has 3 N–H and O–H groups in total. The van der Waals surface area contributed by atoms with Gasteiger partial charge in [0.25, 0.3) is 0 Å². The number of nitrogens with two attached hydrogens (primary N) is 1. The largest absolute Gasteiger partial charge is 0.497 e. The Balaban J connectivity index is 2.94. The summed E-state index contributed by atoms with van der Waals surface area (Å²) in [5.74, 6) is 6.27. The molecule has 0 unspecified atom stereocenters. The fourth-order valence-electron chi connectivity index (χ4n) is 1.78. The predicted molar refractivity (Wildman–Crippen MR) is 77.1 cm³/mol. The van der Waals surface area contributed by atoms with Crippen LogP contribution in [0.2, 0.25) is 0 Å². The third kappa shape index (κ3) is 5.31. The Labute approximate surface area is 119 Å². The minimum atomic E-state index is -0.372. The van der Waals surface area contributed by atoms with Crippen molar-refractivity contribution >= 4 is 5.91 Å². The molecular weight excluding hydrogens is 256 g/mol. The Morgan fingerprint density at radius 2 is 2.25 bits per heavy atom. The van der Waals surface area contributed by atoms with Gasteiger partial charge < -0.3 is 15.6 Å². The van der Waals surface area contributed by atoms with E-state index in [9.17, 15) is 4.79 Å². The van der Waals surface area contributed by atoms with Crippen LogP contribution in [0.4, 0.5) is 0 Å². The topological polar surface area (TPSA) is 75.8 Å². The smallest absolute Gasteiger partial charge is 0.231 e. The summed E-state index contributed by atoms with van der Waals surface area (Å²) in [5.41, 5.74) is 6.99. The fourth-order valence-corrected chi connectivity index (χ4v) is 1.78. The van der Waals surface area contributed by atoms with Gasteiger partial charge in [-0.25, -0.2) is 0 Å². The number of carbonyl (C=O) groups is 1. The molecule has 0 fully saturated rings. The van der Waals surface area contributed by atoms with Crippen LogP contribution in [0, 0.1) is 11.8 Å². The Morgan fingerprint density at radius 3 is 2.85 bits per heavy atom. The molecule has 5 nitrogen and oxygen atoms in total. The summed E-state index contributed by atoms with van der Waals surface area (Å²) in [5, 5.41) is 8.76. The van der Waals surface area contributed by atoms with Gasteiger partial charge in [-0.3, -0.25) is 9.69 Å². The summed E-state index contributed by atoms with van der Waals surface area (Å²) >= 11 is 0. The van der Waals surface area contributed by atoms with E-state index >= 15 is 0 Å². The van der Waals surface area contributed by atoms with Crippen molar-refractivity contribution in [1.29, 1.82) is 0 Å². The molecule has 1 aromatic rings. The molecule has 0 saturated carbocycles. The SMILES string of the molecule is COc1ccc(C#CCCO)c(CN(C)CC(N)=O)c1. The first-order valence-corrected chi connectivity index (χ1v) is 6.30. The number of rotatable bonds is 6. The van der Waals surface area contributed by atoms with Crippen molar-refractivity contribution in [2.45, 2.75) is 13.0 Å². The molecule has 20 heavy (non-hydrogen) atoms. The molecule has 0 aliphatic rings. The second-order valence-electron chi connectivity index (χ2n) is 4.44. The lowest BCUT2D eigenvalue weighted by Crippen LogP contribution is -2.30. The van der Waals surface area contributed by atoms with Crippen LogP contribution in [0.25, 0.3) is 0 Å². The van der Waals surface area contributed by atoms with Crippen LogP contribution in [0.5, 0.6) is 5.75 Å². The molecule has 0 bridgehead atoms. The zero-order chi connectivity index (χ0) is 15.0. The van der Waals surface area contributed by atoms with Crippen LogP contribution in [-0.4, -0.2) is 43.2 Å². The minimum absolute atomic E-state index is 0.0417. The average molecular weight is 276 g/mol. The molecule has 0 heterocycles. The van der Waals surface area contributed by atoms with E-state index in [0.29, 0.717) is 13.0 Å². The first-order chi connectivity index (χ1) is 9.56. The van der Waals surface area contributed by atoms with Crippen LogP contribution < -0.4 is 10.5 Å². The number of aliphatic hydroxyl groups excluding tert-OH is 1. The Morgan fingerprint density at radius 1 is 1.50 bits per heavy atom. The molecular formula is C15H20N2O3. The van der Waals surface area contributed by atoms with Crippen molar-refractivity contribution in [2.24, 2.45) is 5.73 Å². The molecule has 0 radical (unpaired) electrons. The molecule has 0 aliphatic carbocycles. The highest BCUT2D eigenvalue weighted by molar-refractivity contribution is 5.75. The highest BCUT2D eigenvalue weighted by Gasteiger charge is 2.08. The quantitative estimate of drug-likeness (QED) is 0.735. The second kappa shape index (κ2) is 8.20. The number of hydrogen-bond acceptors (Lipinski definition) is 4. The molecule has 1 amide bonds. The van der Waals surface area contributed by atoms with Crippen LogP contribution in [-0.2, 0) is 11.3 Å². The van der Waals surface area contributed by atoms with E-state index in [1.165, 1.54) is 0 Å². The van der Waals surface area contributed by atoms with Gasteiger partial charge in [-0.05, 0) is 30.8 Å². The average Bonchev–Trinajstić information content (AvgIpc) is 2.39. The first kappa shape index (κ1) is 16.0. The Hall–Kier alpha value is -2.03. The first-order valence-electron chi connectivity index (χ1n) is 6.30. The number of amides is 1. The highest BCUT2D eigenvalue weighted by atomic mass is 16.5. The summed E-state index contributed by atoms with van der Waals surface area (Å²) < 4.78 is 5.20. The summed E-state index contributed by atoms with van der Waals surface area (Å²) in [6, 6.07) is 5.59. The van der Waals surface area contributed by atoms with Crippen molar-refractivity contribution in [3.63, 3.8) is 0 Å². The Bertz CT molecular complexity index is 518. The standard InChI is InChI=1S/C15H20N2O3/c1-17(11-15(16)19)10-13-9-14(20-2)7-6-12(13)5-3-4-8-18/h6-7,9,18H,4,8,10-11H2,1-2H3,(H2,16,19). The third-order valence-corrected chi connectivity index (χ3v) is 2.64. The van der Waals surface area contributed by atoms with Gasteiger partial charge in [0, 0.05) is 18.5 Å². The summed E-state index contributed by atoms with van der Waals surface area (Å²) in [6.07, 6.45) is 0.433. The third-order valence-electron chi connectivity index (χ3n) is 2.64. The van der Waals surface area contributed by atoms with Crippen molar-refractivity contribution in [3.05, 3.63) is 29.3 Å². The normalized spacial score (nSPS) is 10.0. The van der Waals surface area contributed by atoms with Gasteiger partial charge in [0.15, 0.2) is 0 Å². The molecule has 108 valence electrons. The van der Waals surface area contributed by atoms with E-state index in [0.717, 1.165) is 16.9 Å². The van der Waals surface area contributed by atoms with Gasteiger partial charge in [-0.1, -0.05) is 11.8 Å². The molecule has 1 aromatic carbocycles. The lowest BCUT2D eigenvalue weighted by molar-refractivity contribution is -0.118. The summed E-state index contributed by atoms with van der Waals surface area (Å²) in [4.78, 5) is 12.7. The van der Waals surface area contributed by atoms with Crippen molar-refractivity contribution in [1.82, 2.24) is 4.90 Å². The number of nitrogens with zero attached hydrogens (tertiary/aromatic N) is 1. The van der Waals surface area contributed by atoms with Gasteiger partial charge >= 0.3 is 0 Å². The predicted octanol–water partition coefficient (Wildman–Crippen LogP) is 0.346. The zero-order valence-corrected chi connectivity index (χ0v) is 11.8. The Kier molecular flexibility index (Phi) is 6.57. The number of methoxy groups -OCH3 is 1. The number of aliphatic hydroxyl groups is 1. The lowest BCUT2D eigenvalue weighted by Gasteiger charge is -2.16. The van der Waals surface area contributed by atoms with Gasteiger partial charge in [0.05, 0.1) is 20.3 Å². The van der Waals surface area contributed by atoms with E-state index in [1.807, 2.05) is 30.1 Å². The maximum Gasteiger partial charge on any atom is 0.231 e. The highest BCUT2D eigenvalue weighted by Crippen LogP contribution is 2.18. The monoisotopic (exact) mass is 276 g/mol. The van der Waals surface area contributed by atoms with Crippen LogP contribution in [0.3, 0.4) is 0 Å². The van der Waals surface area contributed by atoms with Crippen LogP contribution in [0.1, 0.15) is 17.5 Å². The van der Waals surface area contributed by atoms with E-state index in [1.54, 1.807) is 7.11 Å². The number of carbonyl (C=O) groups excluding carboxylic acids is 1. The number of primary amides is 1. The molecule has 5 heteroatoms. The van der Waals surface area contributed by atoms with Crippen LogP contribution in [0.15, 0.2) is 18.2 Å². The molecule has 1 rings (SSSR count). The lowest BCUT2D eigenvalue weighted by atomic mass is 10.1. The number of benzene rings is 1. The van der Waals surface area contributed by atoms with Crippen molar-refractivity contribution < 1.29 is 14.6 Å². The zero-order valence-electron chi connectivity index (χ0n) is 11.8. The van der Waals surface area contributed by atoms with E-state index in [2.05, 4.69) is 11.8 Å². The van der Waals surface area contributed by atoms with E-state index in [4.69, 9.17) is 15.6 Å². The van der Waals surface area contributed by atoms with Gasteiger partial charge in [0.1, 0.15) is 5.75 Å². The van der Waals surface area contributed by atoms with Crippen LogP contribution >= 0.6 is 0 Å². The van der Waals surface area contributed by atoms with Gasteiger partial charge in [-0.15, -0.1) is 0 Å². The molecule has 0 atom stereocenters.